The molecule has 3 rings (SSSR count). The summed E-state index contributed by atoms with van der Waals surface area (Å²) in [6, 6.07) is 29.3. The number of Topliss-reactive ketones (excluding diaryl/α,β-unsaturated/α-hetero) is 1. The molecule has 0 heterocycles. The van der Waals surface area contributed by atoms with E-state index in [2.05, 4.69) is 29.6 Å². The van der Waals surface area contributed by atoms with Gasteiger partial charge in [-0.05, 0) is 74.1 Å². The van der Waals surface area contributed by atoms with Crippen molar-refractivity contribution in [2.24, 2.45) is 0 Å². The Morgan fingerprint density at radius 2 is 1.30 bits per heavy atom. The predicted molar refractivity (Wildman–Crippen MR) is 137 cm³/mol. The molecule has 0 aliphatic heterocycles. The summed E-state index contributed by atoms with van der Waals surface area (Å²) in [5.41, 5.74) is 0.629. The van der Waals surface area contributed by atoms with Crippen molar-refractivity contribution in [1.29, 1.82) is 0 Å². The van der Waals surface area contributed by atoms with Crippen LogP contribution in [0.1, 0.15) is 29.6 Å². The quantitative estimate of drug-likeness (QED) is 0.167. The summed E-state index contributed by atoms with van der Waals surface area (Å²) in [4.78, 5) is 38.1. The maximum Gasteiger partial charge on any atom is 0.220 e. The van der Waals surface area contributed by atoms with Gasteiger partial charge in [0.25, 0.3) is 0 Å². The molecule has 4 nitrogen and oxygen atoms in total. The van der Waals surface area contributed by atoms with Crippen molar-refractivity contribution in [1.82, 2.24) is 5.32 Å². The van der Waals surface area contributed by atoms with E-state index in [1.807, 2.05) is 73.8 Å². The Bertz CT molecular complexity index is 995. The van der Waals surface area contributed by atoms with Crippen molar-refractivity contribution >= 4 is 30.9 Å². The average molecular weight is 479 g/mol. The first-order valence-corrected chi connectivity index (χ1v) is 15.7. The molecule has 3 aromatic carbocycles. The summed E-state index contributed by atoms with van der Waals surface area (Å²) in [7, 11) is -2.32. The molecule has 0 atom stereocenters. The molecule has 0 saturated heterocycles. The van der Waals surface area contributed by atoms with Crippen LogP contribution in [0.2, 0.25) is 19.1 Å². The van der Waals surface area contributed by atoms with Gasteiger partial charge in [0.2, 0.25) is 5.91 Å². The number of ketones is 1. The van der Waals surface area contributed by atoms with Crippen LogP contribution < -0.4 is 5.32 Å². The fourth-order valence-electron chi connectivity index (χ4n) is 3.51. The van der Waals surface area contributed by atoms with Gasteiger partial charge >= 0.3 is 0 Å². The summed E-state index contributed by atoms with van der Waals surface area (Å²) < 4.78 is 0. The third-order valence-corrected chi connectivity index (χ3v) is 9.04. The summed E-state index contributed by atoms with van der Waals surface area (Å²) in [5, 5.41) is 2.84. The molecule has 6 heteroatoms. The van der Waals surface area contributed by atoms with E-state index in [-0.39, 0.29) is 35.4 Å². The Labute approximate surface area is 200 Å². The molecule has 33 heavy (non-hydrogen) atoms. The maximum atomic E-state index is 12.6. The molecule has 3 aromatic rings. The van der Waals surface area contributed by atoms with E-state index >= 15 is 0 Å². The Hall–Kier alpha value is -2.67. The molecule has 0 unspecified atom stereocenters. The number of carbonyl (C=O) groups is 2. The van der Waals surface area contributed by atoms with Gasteiger partial charge in [0, 0.05) is 24.9 Å². The largest absolute Gasteiger partial charge is 0.432 e. The predicted octanol–water partition coefficient (Wildman–Crippen LogP) is 5.45. The molecule has 1 amide bonds. The Morgan fingerprint density at radius 1 is 0.788 bits per heavy atom. The highest BCUT2D eigenvalue weighted by Crippen LogP contribution is 2.31. The van der Waals surface area contributed by atoms with Crippen molar-refractivity contribution in [3.8, 4) is 0 Å². The van der Waals surface area contributed by atoms with E-state index < -0.39 is 8.32 Å². The fourth-order valence-corrected chi connectivity index (χ4v) is 6.63. The van der Waals surface area contributed by atoms with Crippen LogP contribution >= 0.6 is 0 Å². The second-order valence-corrected chi connectivity index (χ2v) is 14.8. The van der Waals surface area contributed by atoms with Gasteiger partial charge in [-0.1, -0.05) is 36.4 Å². The average Bonchev–Trinajstić information content (AvgIpc) is 2.82. The molecule has 0 radical (unpaired) electrons. The Kier molecular flexibility index (Phi) is 9.06. The van der Waals surface area contributed by atoms with Gasteiger partial charge in [0.1, 0.15) is 0 Å². The summed E-state index contributed by atoms with van der Waals surface area (Å²) >= 11 is 0. The highest BCUT2D eigenvalue weighted by molar-refractivity contribution is 7.97. The number of carbonyl (C=O) groups excluding carboxylic acids is 2. The minimum absolute atomic E-state index is 0.0279. The number of rotatable bonds is 11. The van der Waals surface area contributed by atoms with Crippen molar-refractivity contribution in [3.05, 3.63) is 90.5 Å². The first-order valence-electron chi connectivity index (χ1n) is 11.3. The van der Waals surface area contributed by atoms with Gasteiger partial charge in [-0.2, -0.15) is 0 Å². The number of amides is 1. The number of nitrogens with one attached hydrogen (secondary N) is 1. The lowest BCUT2D eigenvalue weighted by molar-refractivity contribution is -0.121. The summed E-state index contributed by atoms with van der Waals surface area (Å²) in [6.45, 7) is 4.32. The number of hydrogen-bond acceptors (Lipinski definition) is 3. The van der Waals surface area contributed by atoms with E-state index in [1.54, 1.807) is 0 Å². The lowest BCUT2D eigenvalue weighted by Gasteiger charge is -2.13. The van der Waals surface area contributed by atoms with Crippen LogP contribution in [0, 0.1) is 0 Å². The molecule has 0 aromatic heterocycles. The molecule has 2 N–H and O–H groups in total. The van der Waals surface area contributed by atoms with Crippen LogP contribution in [0.3, 0.4) is 0 Å². The van der Waals surface area contributed by atoms with Crippen LogP contribution in [0.25, 0.3) is 0 Å². The van der Waals surface area contributed by atoms with Crippen LogP contribution in [0.15, 0.2) is 99.6 Å². The van der Waals surface area contributed by atoms with Gasteiger partial charge < -0.3 is 10.1 Å². The molecule has 172 valence electrons. The van der Waals surface area contributed by atoms with Crippen LogP contribution in [0.4, 0.5) is 0 Å². The van der Waals surface area contributed by atoms with Gasteiger partial charge in [0.05, 0.1) is 10.9 Å². The molecular weight excluding hydrogens is 446 g/mol. The van der Waals surface area contributed by atoms with Crippen LogP contribution in [-0.2, 0) is 15.7 Å². The van der Waals surface area contributed by atoms with Crippen molar-refractivity contribution in [2.75, 3.05) is 6.54 Å². The van der Waals surface area contributed by atoms with Gasteiger partial charge in [-0.15, -0.1) is 0 Å². The molecular formula is C27H32NO3SSi+. The SMILES string of the molecule is C[Si](C)(O)CCCNC(=O)CCC(=O)c1ccc([S+](c2ccccc2)c2ccccc2)cc1. The lowest BCUT2D eigenvalue weighted by atomic mass is 10.1. The van der Waals surface area contributed by atoms with E-state index in [4.69, 9.17) is 0 Å². The standard InChI is InChI=1S/C27H31NO3SSi/c1-33(2,31)21-9-20-28-27(30)19-18-26(29)22-14-16-25(17-15-22)32(23-10-5-3-6-11-23)24-12-7-4-8-13-24/h3-8,10-17,31H,9,18-21H2,1-2H3/p+1. The van der Waals surface area contributed by atoms with E-state index in [0.29, 0.717) is 12.1 Å². The minimum Gasteiger partial charge on any atom is -0.432 e. The van der Waals surface area contributed by atoms with Crippen molar-refractivity contribution in [2.45, 2.75) is 53.1 Å². The minimum atomic E-state index is -2.07. The van der Waals surface area contributed by atoms with Crippen molar-refractivity contribution in [3.63, 3.8) is 0 Å². The summed E-state index contributed by atoms with van der Waals surface area (Å²) in [6.07, 6.45) is 1.13. The van der Waals surface area contributed by atoms with Crippen molar-refractivity contribution < 1.29 is 14.4 Å². The zero-order chi connectivity index (χ0) is 23.7. The zero-order valence-electron chi connectivity index (χ0n) is 19.3. The topological polar surface area (TPSA) is 66.4 Å². The zero-order valence-corrected chi connectivity index (χ0v) is 21.1. The number of benzene rings is 3. The second-order valence-electron chi connectivity index (χ2n) is 8.65. The molecule has 0 spiro atoms. The Morgan fingerprint density at radius 3 is 1.82 bits per heavy atom. The first kappa shape index (κ1) is 25.0. The smallest absolute Gasteiger partial charge is 0.220 e. The Balaban J connectivity index is 1.60. The molecule has 0 saturated carbocycles. The molecule has 0 bridgehead atoms. The highest BCUT2D eigenvalue weighted by atomic mass is 32.2. The van der Waals surface area contributed by atoms with E-state index in [0.717, 1.165) is 17.4 Å². The molecule has 0 aliphatic carbocycles. The highest BCUT2D eigenvalue weighted by Gasteiger charge is 2.28. The number of hydrogen-bond donors (Lipinski definition) is 2. The van der Waals surface area contributed by atoms with Crippen LogP contribution in [-0.4, -0.2) is 31.3 Å². The normalized spacial score (nSPS) is 11.4. The van der Waals surface area contributed by atoms with E-state index in [9.17, 15) is 14.4 Å². The third-order valence-electron chi connectivity index (χ3n) is 5.24. The van der Waals surface area contributed by atoms with Gasteiger partial charge in [0.15, 0.2) is 28.8 Å². The molecule has 0 fully saturated rings. The van der Waals surface area contributed by atoms with Crippen LogP contribution in [0.5, 0.6) is 0 Å². The monoisotopic (exact) mass is 478 g/mol. The van der Waals surface area contributed by atoms with Gasteiger partial charge in [-0.25, -0.2) is 0 Å². The maximum absolute atomic E-state index is 12.6. The first-order chi connectivity index (χ1) is 15.8. The molecule has 0 aliphatic rings. The third kappa shape index (κ3) is 8.00. The fraction of sp³-hybridized carbons (Fsp3) is 0.259. The van der Waals surface area contributed by atoms with E-state index in [1.165, 1.54) is 9.79 Å². The summed E-state index contributed by atoms with van der Waals surface area (Å²) in [5.74, 6) is -0.146. The lowest BCUT2D eigenvalue weighted by Crippen LogP contribution is -2.29. The van der Waals surface area contributed by atoms with Gasteiger partial charge in [-0.3, -0.25) is 9.59 Å². The second kappa shape index (κ2) is 12.0.